The van der Waals surface area contributed by atoms with Crippen molar-refractivity contribution in [3.63, 3.8) is 0 Å². The van der Waals surface area contributed by atoms with Crippen molar-refractivity contribution in [1.82, 2.24) is 5.32 Å². The van der Waals surface area contributed by atoms with Crippen LogP contribution in [0.25, 0.3) is 0 Å². The van der Waals surface area contributed by atoms with Gasteiger partial charge in [0.1, 0.15) is 5.75 Å². The minimum absolute atomic E-state index is 0.163. The zero-order valence-corrected chi connectivity index (χ0v) is 12.4. The second-order valence-electron chi connectivity index (χ2n) is 5.83. The van der Waals surface area contributed by atoms with Crippen molar-refractivity contribution in [3.8, 4) is 5.75 Å². The third kappa shape index (κ3) is 5.23. The van der Waals surface area contributed by atoms with Gasteiger partial charge in [-0.15, -0.1) is 13.2 Å². The molecule has 0 aromatic heterocycles. The van der Waals surface area contributed by atoms with Crippen LogP contribution in [0.3, 0.4) is 0 Å². The van der Waals surface area contributed by atoms with E-state index in [1.54, 1.807) is 12.1 Å². The van der Waals surface area contributed by atoms with E-state index in [4.69, 9.17) is 0 Å². The molecule has 0 radical (unpaired) electrons. The highest BCUT2D eigenvalue weighted by Gasteiger charge is 2.39. The lowest BCUT2D eigenvalue weighted by Crippen LogP contribution is -2.34. The third-order valence-electron chi connectivity index (χ3n) is 3.96. The smallest absolute Gasteiger partial charge is 0.406 e. The summed E-state index contributed by atoms with van der Waals surface area (Å²) < 4.78 is 40.2. The van der Waals surface area contributed by atoms with Crippen LogP contribution in [0.4, 0.5) is 13.2 Å². The number of rotatable bonds is 7. The molecule has 1 aromatic carbocycles. The van der Waals surface area contributed by atoms with Gasteiger partial charge in [0.05, 0.1) is 0 Å². The molecule has 118 valence electrons. The van der Waals surface area contributed by atoms with Crippen LogP contribution in [-0.2, 0) is 6.42 Å². The summed E-state index contributed by atoms with van der Waals surface area (Å²) in [5.74, 6) is 1.26. The average molecular weight is 301 g/mol. The molecule has 1 aliphatic rings. The van der Waals surface area contributed by atoms with Crippen LogP contribution < -0.4 is 10.1 Å². The largest absolute Gasteiger partial charge is 0.573 e. The summed E-state index contributed by atoms with van der Waals surface area (Å²) in [6.07, 6.45) is -1.47. The van der Waals surface area contributed by atoms with E-state index in [0.717, 1.165) is 30.9 Å². The van der Waals surface area contributed by atoms with E-state index >= 15 is 0 Å². The zero-order chi connectivity index (χ0) is 15.5. The van der Waals surface area contributed by atoms with Crippen molar-refractivity contribution < 1.29 is 17.9 Å². The summed E-state index contributed by atoms with van der Waals surface area (Å²) in [5, 5.41) is 3.55. The van der Waals surface area contributed by atoms with Crippen LogP contribution in [0.5, 0.6) is 5.75 Å². The highest BCUT2D eigenvalue weighted by Crippen LogP contribution is 2.41. The first kappa shape index (κ1) is 16.1. The zero-order valence-electron chi connectivity index (χ0n) is 12.4. The van der Waals surface area contributed by atoms with Gasteiger partial charge in [0.2, 0.25) is 0 Å². The first-order valence-electron chi connectivity index (χ1n) is 7.47. The van der Waals surface area contributed by atoms with Crippen LogP contribution in [0.2, 0.25) is 0 Å². The molecular formula is C16H22F3NO. The summed E-state index contributed by atoms with van der Waals surface area (Å²) in [6.45, 7) is 5.35. The first-order chi connectivity index (χ1) is 9.89. The molecule has 1 fully saturated rings. The van der Waals surface area contributed by atoms with Crippen molar-refractivity contribution >= 4 is 0 Å². The molecule has 0 spiro atoms. The standard InChI is InChI=1S/C16H22F3NO/c1-3-8-20-15(14-9-11(14)2)10-12-4-6-13(7-5-12)21-16(17,18)19/h4-7,11,14-15,20H,3,8-10H2,1-2H3. The van der Waals surface area contributed by atoms with Crippen molar-refractivity contribution in [1.29, 1.82) is 0 Å². The van der Waals surface area contributed by atoms with Crippen LogP contribution >= 0.6 is 0 Å². The Morgan fingerprint density at radius 3 is 2.38 bits per heavy atom. The first-order valence-corrected chi connectivity index (χ1v) is 7.47. The summed E-state index contributed by atoms with van der Waals surface area (Å²) in [6, 6.07) is 6.62. The van der Waals surface area contributed by atoms with E-state index in [1.165, 1.54) is 18.6 Å². The Hall–Kier alpha value is -1.23. The summed E-state index contributed by atoms with van der Waals surface area (Å²) in [7, 11) is 0. The average Bonchev–Trinajstić information content (AvgIpc) is 3.12. The van der Waals surface area contributed by atoms with E-state index in [0.29, 0.717) is 12.0 Å². The molecule has 1 N–H and O–H groups in total. The van der Waals surface area contributed by atoms with E-state index in [1.807, 2.05) is 0 Å². The molecule has 1 aliphatic carbocycles. The molecule has 0 amide bonds. The molecule has 0 aliphatic heterocycles. The van der Waals surface area contributed by atoms with Gasteiger partial charge < -0.3 is 10.1 Å². The molecular weight excluding hydrogens is 279 g/mol. The van der Waals surface area contributed by atoms with E-state index in [-0.39, 0.29) is 5.75 Å². The normalized spacial score (nSPS) is 22.9. The Labute approximate surface area is 123 Å². The Bertz CT molecular complexity index is 444. The van der Waals surface area contributed by atoms with Crippen molar-refractivity contribution in [3.05, 3.63) is 29.8 Å². The summed E-state index contributed by atoms with van der Waals surface area (Å²) in [5.41, 5.74) is 1.04. The van der Waals surface area contributed by atoms with Gasteiger partial charge in [-0.05, 0) is 55.3 Å². The predicted octanol–water partition coefficient (Wildman–Crippen LogP) is 4.15. The number of halogens is 3. The summed E-state index contributed by atoms with van der Waals surface area (Å²) >= 11 is 0. The van der Waals surface area contributed by atoms with Crippen molar-refractivity contribution in [2.45, 2.75) is 45.5 Å². The fourth-order valence-electron chi connectivity index (χ4n) is 2.70. The molecule has 2 nitrogen and oxygen atoms in total. The summed E-state index contributed by atoms with van der Waals surface area (Å²) in [4.78, 5) is 0. The lowest BCUT2D eigenvalue weighted by Gasteiger charge is -2.19. The maximum absolute atomic E-state index is 12.1. The second kappa shape index (κ2) is 6.69. The predicted molar refractivity (Wildman–Crippen MR) is 76.2 cm³/mol. The van der Waals surface area contributed by atoms with E-state index in [2.05, 4.69) is 23.9 Å². The molecule has 1 aromatic rings. The number of benzene rings is 1. The van der Waals surface area contributed by atoms with Gasteiger partial charge in [-0.25, -0.2) is 0 Å². The number of nitrogens with one attached hydrogen (secondary N) is 1. The van der Waals surface area contributed by atoms with Crippen molar-refractivity contribution in [2.24, 2.45) is 11.8 Å². The molecule has 0 heterocycles. The third-order valence-corrected chi connectivity index (χ3v) is 3.96. The highest BCUT2D eigenvalue weighted by atomic mass is 19.4. The minimum Gasteiger partial charge on any atom is -0.406 e. The fraction of sp³-hybridized carbons (Fsp3) is 0.625. The lowest BCUT2D eigenvalue weighted by atomic mass is 10.0. The van der Waals surface area contributed by atoms with Gasteiger partial charge in [0, 0.05) is 6.04 Å². The molecule has 5 heteroatoms. The van der Waals surface area contributed by atoms with Crippen molar-refractivity contribution in [2.75, 3.05) is 6.54 Å². The minimum atomic E-state index is -4.63. The molecule has 21 heavy (non-hydrogen) atoms. The Balaban J connectivity index is 1.94. The number of ether oxygens (including phenoxy) is 1. The van der Waals surface area contributed by atoms with Gasteiger partial charge in [-0.2, -0.15) is 0 Å². The van der Waals surface area contributed by atoms with Gasteiger partial charge in [-0.1, -0.05) is 26.0 Å². The van der Waals surface area contributed by atoms with E-state index in [9.17, 15) is 13.2 Å². The fourth-order valence-corrected chi connectivity index (χ4v) is 2.70. The maximum atomic E-state index is 12.1. The van der Waals surface area contributed by atoms with Gasteiger partial charge in [-0.3, -0.25) is 0 Å². The van der Waals surface area contributed by atoms with Gasteiger partial charge >= 0.3 is 6.36 Å². The Morgan fingerprint density at radius 2 is 1.90 bits per heavy atom. The lowest BCUT2D eigenvalue weighted by molar-refractivity contribution is -0.274. The molecule has 3 unspecified atom stereocenters. The monoisotopic (exact) mass is 301 g/mol. The van der Waals surface area contributed by atoms with Crippen LogP contribution in [0.1, 0.15) is 32.3 Å². The molecule has 2 rings (SSSR count). The quantitative estimate of drug-likeness (QED) is 0.817. The van der Waals surface area contributed by atoms with E-state index < -0.39 is 6.36 Å². The number of alkyl halides is 3. The molecule has 0 bridgehead atoms. The SMILES string of the molecule is CCCNC(Cc1ccc(OC(F)(F)F)cc1)C1CC1C. The number of hydrogen-bond donors (Lipinski definition) is 1. The maximum Gasteiger partial charge on any atom is 0.573 e. The van der Waals surface area contributed by atoms with Crippen LogP contribution in [0.15, 0.2) is 24.3 Å². The molecule has 1 saturated carbocycles. The molecule has 3 atom stereocenters. The Morgan fingerprint density at radius 1 is 1.29 bits per heavy atom. The molecule has 0 saturated heterocycles. The Kier molecular flexibility index (Phi) is 5.14. The number of hydrogen-bond acceptors (Lipinski definition) is 2. The van der Waals surface area contributed by atoms with Gasteiger partial charge in [0.25, 0.3) is 0 Å². The van der Waals surface area contributed by atoms with Crippen LogP contribution in [0, 0.1) is 11.8 Å². The highest BCUT2D eigenvalue weighted by molar-refractivity contribution is 5.28. The van der Waals surface area contributed by atoms with Gasteiger partial charge in [0.15, 0.2) is 0 Å². The topological polar surface area (TPSA) is 21.3 Å². The van der Waals surface area contributed by atoms with Crippen LogP contribution in [-0.4, -0.2) is 18.9 Å². The second-order valence-corrected chi connectivity index (χ2v) is 5.83.